The number of hydrogen-bond donors (Lipinski definition) is 0. The van der Waals surface area contributed by atoms with Crippen LogP contribution in [0.25, 0.3) is 0 Å². The molecule has 1 heterocycles. The predicted molar refractivity (Wildman–Crippen MR) is 77.2 cm³/mol. The molecule has 0 aliphatic heterocycles. The van der Waals surface area contributed by atoms with Crippen LogP contribution in [0.2, 0.25) is 0 Å². The Kier molecular flexibility index (Phi) is 5.16. The Bertz CT molecular complexity index is 479. The van der Waals surface area contributed by atoms with E-state index in [0.29, 0.717) is 0 Å². The molecule has 0 spiro atoms. The van der Waals surface area contributed by atoms with E-state index in [1.807, 2.05) is 19.4 Å². The molecule has 0 bridgehead atoms. The highest BCUT2D eigenvalue weighted by molar-refractivity contribution is 5.16. The molecule has 0 saturated heterocycles. The minimum absolute atomic E-state index is 0.231. The van der Waals surface area contributed by atoms with E-state index < -0.39 is 0 Å². The molecule has 19 heavy (non-hydrogen) atoms. The summed E-state index contributed by atoms with van der Waals surface area (Å²) >= 11 is 0. The summed E-state index contributed by atoms with van der Waals surface area (Å²) in [6.45, 7) is 5.76. The fourth-order valence-electron chi connectivity index (χ4n) is 2.25. The normalized spacial score (nSPS) is 12.5. The summed E-state index contributed by atoms with van der Waals surface area (Å²) in [5, 5.41) is 0. The highest BCUT2D eigenvalue weighted by Gasteiger charge is 2.07. The van der Waals surface area contributed by atoms with E-state index in [2.05, 4.69) is 46.8 Å². The van der Waals surface area contributed by atoms with Crippen molar-refractivity contribution >= 4 is 0 Å². The van der Waals surface area contributed by atoms with Gasteiger partial charge < -0.3 is 9.30 Å². The van der Waals surface area contributed by atoms with Gasteiger partial charge in [-0.1, -0.05) is 30.3 Å². The zero-order chi connectivity index (χ0) is 13.5. The third-order valence-corrected chi connectivity index (χ3v) is 3.22. The molecule has 0 aliphatic rings. The van der Waals surface area contributed by atoms with E-state index in [9.17, 15) is 0 Å². The lowest BCUT2D eigenvalue weighted by atomic mass is 10.1. The third kappa shape index (κ3) is 4.21. The van der Waals surface area contributed by atoms with Gasteiger partial charge in [-0.15, -0.1) is 0 Å². The highest BCUT2D eigenvalue weighted by Crippen LogP contribution is 2.08. The largest absolute Gasteiger partial charge is 0.377 e. The summed E-state index contributed by atoms with van der Waals surface area (Å²) in [6.07, 6.45) is 6.16. The lowest BCUT2D eigenvalue weighted by molar-refractivity contribution is 0.0635. The second-order valence-corrected chi connectivity index (χ2v) is 4.79. The van der Waals surface area contributed by atoms with Crippen molar-refractivity contribution in [2.45, 2.75) is 39.3 Å². The van der Waals surface area contributed by atoms with Crippen LogP contribution in [0.1, 0.15) is 25.1 Å². The van der Waals surface area contributed by atoms with Crippen LogP contribution in [0.15, 0.2) is 42.9 Å². The van der Waals surface area contributed by atoms with Crippen molar-refractivity contribution < 1.29 is 4.74 Å². The Morgan fingerprint density at radius 1 is 1.21 bits per heavy atom. The molecule has 102 valence electrons. The molecule has 1 unspecified atom stereocenters. The maximum absolute atomic E-state index is 5.58. The van der Waals surface area contributed by atoms with Gasteiger partial charge >= 0.3 is 0 Å². The number of benzene rings is 1. The van der Waals surface area contributed by atoms with Gasteiger partial charge in [-0.2, -0.15) is 0 Å². The topological polar surface area (TPSA) is 27.1 Å². The molecule has 0 fully saturated rings. The smallest absolute Gasteiger partial charge is 0.0949 e. The van der Waals surface area contributed by atoms with Crippen LogP contribution in [-0.2, 0) is 24.1 Å². The number of aryl methyl sites for hydroxylation is 2. The Labute approximate surface area is 115 Å². The molecule has 1 aromatic heterocycles. The fraction of sp³-hybridized carbons (Fsp3) is 0.438. The van der Waals surface area contributed by atoms with Crippen LogP contribution in [0.3, 0.4) is 0 Å². The van der Waals surface area contributed by atoms with Crippen LogP contribution in [0.4, 0.5) is 0 Å². The fourth-order valence-corrected chi connectivity index (χ4v) is 2.25. The van der Waals surface area contributed by atoms with Crippen LogP contribution < -0.4 is 0 Å². The van der Waals surface area contributed by atoms with E-state index >= 15 is 0 Å². The number of aromatic nitrogens is 2. The van der Waals surface area contributed by atoms with Crippen LogP contribution in [0.5, 0.6) is 0 Å². The summed E-state index contributed by atoms with van der Waals surface area (Å²) < 4.78 is 7.78. The first-order valence-corrected chi connectivity index (χ1v) is 6.94. The molecule has 0 N–H and O–H groups in total. The summed E-state index contributed by atoms with van der Waals surface area (Å²) in [6, 6.07) is 10.6. The predicted octanol–water partition coefficient (Wildman–Crippen LogP) is 3.09. The molecule has 0 aliphatic carbocycles. The minimum atomic E-state index is 0.231. The van der Waals surface area contributed by atoms with Gasteiger partial charge in [0.25, 0.3) is 0 Å². The van der Waals surface area contributed by atoms with Gasteiger partial charge in [0.2, 0.25) is 0 Å². The number of ether oxygens (including phenoxy) is 1. The minimum Gasteiger partial charge on any atom is -0.377 e. The van der Waals surface area contributed by atoms with E-state index in [1.165, 1.54) is 11.3 Å². The van der Waals surface area contributed by atoms with Crippen molar-refractivity contribution in [1.29, 1.82) is 0 Å². The standard InChI is InChI=1S/C16H22N2O/c1-3-19-14(2)12-18-13-17-11-16(18)10-9-15-7-5-4-6-8-15/h4-8,11,13-14H,3,9-10,12H2,1-2H3. The van der Waals surface area contributed by atoms with Crippen molar-refractivity contribution in [3.05, 3.63) is 54.1 Å². The molecule has 3 nitrogen and oxygen atoms in total. The number of hydrogen-bond acceptors (Lipinski definition) is 2. The summed E-state index contributed by atoms with van der Waals surface area (Å²) in [4.78, 5) is 4.26. The molecule has 2 aromatic rings. The maximum atomic E-state index is 5.58. The van der Waals surface area contributed by atoms with Crippen LogP contribution >= 0.6 is 0 Å². The van der Waals surface area contributed by atoms with Gasteiger partial charge in [0, 0.05) is 25.0 Å². The Balaban J connectivity index is 1.92. The van der Waals surface area contributed by atoms with Gasteiger partial charge in [0.05, 0.1) is 12.4 Å². The third-order valence-electron chi connectivity index (χ3n) is 3.22. The van der Waals surface area contributed by atoms with Crippen molar-refractivity contribution in [3.8, 4) is 0 Å². The molecule has 3 heteroatoms. The van der Waals surface area contributed by atoms with Crippen molar-refractivity contribution in [1.82, 2.24) is 9.55 Å². The summed E-state index contributed by atoms with van der Waals surface area (Å²) in [5.41, 5.74) is 2.64. The van der Waals surface area contributed by atoms with E-state index in [0.717, 1.165) is 26.0 Å². The first-order valence-electron chi connectivity index (χ1n) is 6.94. The van der Waals surface area contributed by atoms with Crippen molar-refractivity contribution in [2.24, 2.45) is 0 Å². The monoisotopic (exact) mass is 258 g/mol. The molecule has 0 radical (unpaired) electrons. The van der Waals surface area contributed by atoms with Crippen LogP contribution in [0, 0.1) is 0 Å². The maximum Gasteiger partial charge on any atom is 0.0949 e. The number of rotatable bonds is 7. The molecular formula is C16H22N2O. The average molecular weight is 258 g/mol. The Morgan fingerprint density at radius 2 is 2.00 bits per heavy atom. The van der Waals surface area contributed by atoms with E-state index in [-0.39, 0.29) is 6.10 Å². The van der Waals surface area contributed by atoms with Crippen LogP contribution in [-0.4, -0.2) is 22.3 Å². The number of nitrogens with zero attached hydrogens (tertiary/aromatic N) is 2. The summed E-state index contributed by atoms with van der Waals surface area (Å²) in [7, 11) is 0. The molecular weight excluding hydrogens is 236 g/mol. The van der Waals surface area contributed by atoms with E-state index in [1.54, 1.807) is 0 Å². The molecule has 1 aromatic carbocycles. The Morgan fingerprint density at radius 3 is 2.74 bits per heavy atom. The SMILES string of the molecule is CCOC(C)Cn1cncc1CCc1ccccc1. The van der Waals surface area contributed by atoms with Gasteiger partial charge in [0.1, 0.15) is 0 Å². The second kappa shape index (κ2) is 7.10. The molecule has 0 amide bonds. The lowest BCUT2D eigenvalue weighted by Gasteiger charge is -2.14. The molecule has 1 atom stereocenters. The first-order chi connectivity index (χ1) is 9.29. The molecule has 0 saturated carbocycles. The first kappa shape index (κ1) is 13.8. The second-order valence-electron chi connectivity index (χ2n) is 4.79. The van der Waals surface area contributed by atoms with Crippen molar-refractivity contribution in [3.63, 3.8) is 0 Å². The lowest BCUT2D eigenvalue weighted by Crippen LogP contribution is -2.17. The summed E-state index contributed by atoms with van der Waals surface area (Å²) in [5.74, 6) is 0. The van der Waals surface area contributed by atoms with E-state index in [4.69, 9.17) is 4.74 Å². The Hall–Kier alpha value is -1.61. The zero-order valence-electron chi connectivity index (χ0n) is 11.7. The van der Waals surface area contributed by atoms with Crippen molar-refractivity contribution in [2.75, 3.05) is 6.61 Å². The molecule has 2 rings (SSSR count). The quantitative estimate of drug-likeness (QED) is 0.763. The van der Waals surface area contributed by atoms with Gasteiger partial charge in [-0.3, -0.25) is 0 Å². The average Bonchev–Trinajstić information content (AvgIpc) is 2.85. The highest BCUT2D eigenvalue weighted by atomic mass is 16.5. The zero-order valence-corrected chi connectivity index (χ0v) is 11.7. The number of imidazole rings is 1. The van der Waals surface area contributed by atoms with Gasteiger partial charge in [-0.25, -0.2) is 4.98 Å². The van der Waals surface area contributed by atoms with Gasteiger partial charge in [0.15, 0.2) is 0 Å². The van der Waals surface area contributed by atoms with Gasteiger partial charge in [-0.05, 0) is 32.3 Å².